The van der Waals surface area contributed by atoms with Crippen LogP contribution in [0, 0.1) is 82.5 Å². The van der Waals surface area contributed by atoms with Crippen molar-refractivity contribution in [2.75, 3.05) is 349 Å². The minimum Gasteiger partial charge on any atom is -0.396 e. The van der Waals surface area contributed by atoms with Gasteiger partial charge in [0.05, 0.1) is 328 Å². The number of nitriles is 1. The van der Waals surface area contributed by atoms with Crippen LogP contribution in [0.25, 0.3) is 4.85 Å². The van der Waals surface area contributed by atoms with Crippen LogP contribution in [0.2, 0.25) is 0 Å². The number of hydrogen-bond acceptors (Lipinski definition) is 31. The molecule has 32 nitrogen and oxygen atoms in total. The molecule has 0 amide bonds. The fourth-order valence-electron chi connectivity index (χ4n) is 13.3. The molecule has 0 aliphatic carbocycles. The Hall–Kier alpha value is -1.95. The third-order valence-electron chi connectivity index (χ3n) is 20.2. The maximum Gasteiger partial charge on any atom is 0.237 e. The maximum absolute atomic E-state index is 12.2. The van der Waals surface area contributed by atoms with Crippen molar-refractivity contribution in [3.8, 4) is 6.07 Å². The van der Waals surface area contributed by atoms with Crippen molar-refractivity contribution < 1.29 is 143 Å². The molecule has 0 saturated carbocycles. The summed E-state index contributed by atoms with van der Waals surface area (Å²) in [5.41, 5.74) is -0.208. The fourth-order valence-corrected chi connectivity index (χ4v) is 16.1. The summed E-state index contributed by atoms with van der Waals surface area (Å²) < 4.78 is 150. The summed E-state index contributed by atoms with van der Waals surface area (Å²) in [4.78, 5) is 3.30. The molecule has 0 bridgehead atoms. The molecule has 4 heterocycles. The lowest BCUT2D eigenvalue weighted by Gasteiger charge is -2.34. The molecule has 4 N–H and O–H groups in total. The van der Waals surface area contributed by atoms with Crippen LogP contribution in [0.5, 0.6) is 0 Å². The Labute approximate surface area is 828 Å². The van der Waals surface area contributed by atoms with Gasteiger partial charge >= 0.3 is 0 Å². The quantitative estimate of drug-likeness (QED) is 0.0250. The van der Waals surface area contributed by atoms with E-state index in [2.05, 4.69) is 149 Å². The normalized spacial score (nSPS) is 20.4. The van der Waals surface area contributed by atoms with Crippen molar-refractivity contribution >= 4 is 7.14 Å². The van der Waals surface area contributed by atoms with Gasteiger partial charge in [0.25, 0.3) is 0 Å². The summed E-state index contributed by atoms with van der Waals surface area (Å²) in [6.45, 7) is 78.0. The molecule has 4 aliphatic heterocycles. The topological polar surface area (TPSA) is 357 Å². The van der Waals surface area contributed by atoms with E-state index in [4.69, 9.17) is 151 Å². The molecule has 4 rings (SSSR count). The van der Waals surface area contributed by atoms with Crippen molar-refractivity contribution in [1.82, 2.24) is 0 Å². The molecule has 816 valence electrons. The third-order valence-corrected chi connectivity index (χ3v) is 23.6. The van der Waals surface area contributed by atoms with Gasteiger partial charge in [0.15, 0.2) is 0 Å². The predicted octanol–water partition coefficient (Wildman–Crippen LogP) is 15.2. The van der Waals surface area contributed by atoms with E-state index in [9.17, 15) is 4.57 Å². The first kappa shape index (κ1) is 140. The summed E-state index contributed by atoms with van der Waals surface area (Å²) in [5.74, 6) is 5.48. The SMILES string of the molecule is CC(C)CC1COC(CO)CO1.CC(C)CC1COCCOCCOCCO1.CC(C)CC1COCCOCCOCCOCCO1.CC(C)CC1COCCOCCOCCOCCOCCO1.CCCOCC(COCCO)C(C)C.CCCOCC(COCCO)COCCC(C)C.CCCP(=O)(CCO)CCC(C)C.[C-]#[N+]CCOCC(COCCC)(COCCC#N)CC(C)C. The van der Waals surface area contributed by atoms with Crippen LogP contribution in [0.4, 0.5) is 0 Å². The number of aliphatic hydroxyl groups excluding tert-OH is 4. The zero-order valence-corrected chi connectivity index (χ0v) is 90.8. The number of aliphatic hydroxyl groups is 4. The van der Waals surface area contributed by atoms with Gasteiger partial charge in [-0.05, 0) is 118 Å². The van der Waals surface area contributed by atoms with Gasteiger partial charge in [-0.3, -0.25) is 0 Å². The van der Waals surface area contributed by atoms with Crippen molar-refractivity contribution in [2.24, 2.45) is 64.6 Å². The number of nitrogens with zero attached hydrogens (tertiary/aromatic N) is 2. The number of ether oxygens (including phenoxy) is 25. The van der Waals surface area contributed by atoms with E-state index in [1.165, 1.54) is 0 Å². The molecule has 0 aromatic heterocycles. The summed E-state index contributed by atoms with van der Waals surface area (Å²) in [5, 5.41) is 43.4. The molecule has 136 heavy (non-hydrogen) atoms. The Morgan fingerprint density at radius 1 is 0.346 bits per heavy atom. The minimum absolute atomic E-state index is 0.0639. The van der Waals surface area contributed by atoms with Crippen LogP contribution < -0.4 is 0 Å². The van der Waals surface area contributed by atoms with Crippen LogP contribution in [0.15, 0.2) is 0 Å². The van der Waals surface area contributed by atoms with Crippen molar-refractivity contribution in [1.29, 1.82) is 5.26 Å². The molecule has 9 atom stereocenters. The number of rotatable bonds is 52. The highest BCUT2D eigenvalue weighted by Gasteiger charge is 2.33. The molecule has 0 radical (unpaired) electrons. The van der Waals surface area contributed by atoms with Gasteiger partial charge in [-0.1, -0.05) is 138 Å². The molecule has 9 unspecified atom stereocenters. The standard InChI is InChI=1S/C17H30N2O3.C16H32O6.C14H28O5.C14H30O4.C12H24O4.C11H24O3.C10H23O2P.C9H18O3/c1-5-9-20-13-17(12-16(2)3,14-21-10-6-7-18)15-22-11-8-19-4;1-15(2)13-16-14-21-10-9-19-6-5-17-3-4-18-7-8-20-11-12-22-16;1-13(2)11-14-12-18-8-7-16-4-3-15-5-6-17-9-10-19-14;1-4-7-16-10-14(12-18-9-6-15)11-17-8-5-13(2)3;1-11(2)9-12-10-15-6-5-13-3-4-14-7-8-16-12;1-4-6-13-8-11(10(2)3)9-14-7-5-12;1-4-7-13(12,9-6-11)8-5-10(2)3;1-7(2)3-8-5-12-9(4-10)6-11-8/h16H,5-6,8-15H2,1-3H3;15-16H,3-14H2,1-2H3;13-14H,3-12H2,1-2H3;13-15H,4-12H2,1-3H3;11-12H,3-10H2,1-2H3;10-12H,4-9H2,1-3H3;10-11H,4-9H2,1-3H3;7-10H,3-6H2,1-2H3. The largest absolute Gasteiger partial charge is 0.396 e. The van der Waals surface area contributed by atoms with Gasteiger partial charge in [0, 0.05) is 68.8 Å². The molecule has 0 aromatic rings. The Bertz CT molecular complexity index is 2370. The summed E-state index contributed by atoms with van der Waals surface area (Å²) in [6.07, 6.45) is 14.2. The summed E-state index contributed by atoms with van der Waals surface area (Å²) >= 11 is 0. The van der Waals surface area contributed by atoms with Gasteiger partial charge in [0.1, 0.15) is 12.7 Å². The molecular weight excluding hydrogens is 1780 g/mol. The highest BCUT2D eigenvalue weighted by atomic mass is 31.2. The second-order valence-electron chi connectivity index (χ2n) is 37.9. The molecule has 33 heteroatoms. The Morgan fingerprint density at radius 3 is 0.985 bits per heavy atom. The van der Waals surface area contributed by atoms with Gasteiger partial charge in [-0.15, -0.1) is 0 Å². The Morgan fingerprint density at radius 2 is 0.669 bits per heavy atom. The van der Waals surface area contributed by atoms with Crippen molar-refractivity contribution in [3.63, 3.8) is 0 Å². The van der Waals surface area contributed by atoms with E-state index in [0.717, 1.165) is 116 Å². The zero-order chi connectivity index (χ0) is 102. The van der Waals surface area contributed by atoms with Crippen LogP contribution in [-0.2, 0) is 123 Å². The van der Waals surface area contributed by atoms with Crippen LogP contribution in [0.1, 0.15) is 216 Å². The van der Waals surface area contributed by atoms with Gasteiger partial charge in [-0.25, -0.2) is 6.57 Å². The second kappa shape index (κ2) is 107. The van der Waals surface area contributed by atoms with Crippen LogP contribution in [-0.4, -0.2) is 400 Å². The molecule has 0 aromatic carbocycles. The minimum atomic E-state index is -2.02. The van der Waals surface area contributed by atoms with Crippen LogP contribution in [0.3, 0.4) is 0 Å². The molecule has 4 saturated heterocycles. The van der Waals surface area contributed by atoms with Crippen molar-refractivity contribution in [2.45, 2.75) is 246 Å². The average Bonchev–Trinajstić information content (AvgIpc) is 0.861. The summed E-state index contributed by atoms with van der Waals surface area (Å²) in [6, 6.07) is 2.09. The highest BCUT2D eigenvalue weighted by molar-refractivity contribution is 7.63. The van der Waals surface area contributed by atoms with E-state index in [-0.39, 0.29) is 68.3 Å². The van der Waals surface area contributed by atoms with E-state index in [1.807, 2.05) is 0 Å². The van der Waals surface area contributed by atoms with Gasteiger partial charge in [0.2, 0.25) is 6.54 Å². The maximum atomic E-state index is 12.2. The van der Waals surface area contributed by atoms with E-state index < -0.39 is 7.14 Å². The lowest BCUT2D eigenvalue weighted by molar-refractivity contribution is -0.149. The smallest absolute Gasteiger partial charge is 0.237 e. The van der Waals surface area contributed by atoms with E-state index >= 15 is 0 Å². The highest BCUT2D eigenvalue weighted by Crippen LogP contribution is 2.47. The molecular formula is C103H209N2O30P. The van der Waals surface area contributed by atoms with Crippen LogP contribution >= 0.6 is 7.14 Å². The average molecular weight is 1990 g/mol. The summed E-state index contributed by atoms with van der Waals surface area (Å²) in [7, 11) is -2.02. The lowest BCUT2D eigenvalue weighted by Crippen LogP contribution is -2.39. The first-order chi connectivity index (χ1) is 65.6. The molecule has 4 aliphatic rings. The molecule has 4 fully saturated rings. The molecule has 0 spiro atoms. The fraction of sp³-hybridized carbons (Fsp3) is 0.981. The van der Waals surface area contributed by atoms with E-state index in [1.54, 1.807) is 0 Å². The van der Waals surface area contributed by atoms with Gasteiger partial charge < -0.3 is 148 Å². The second-order valence-corrected chi connectivity index (χ2v) is 41.3. The Balaban J connectivity index is -0.000000738. The van der Waals surface area contributed by atoms with E-state index in [0.29, 0.717) is 337 Å². The first-order valence-electron chi connectivity index (χ1n) is 52.0. The van der Waals surface area contributed by atoms with Gasteiger partial charge in [-0.2, -0.15) is 5.26 Å². The number of hydrogen-bond donors (Lipinski definition) is 4. The predicted molar refractivity (Wildman–Crippen MR) is 539 cm³/mol. The zero-order valence-electron chi connectivity index (χ0n) is 89.9. The third kappa shape index (κ3) is 105. The Kier molecular flexibility index (Phi) is 111. The monoisotopic (exact) mass is 1990 g/mol. The lowest BCUT2D eigenvalue weighted by atomic mass is 9.82. The first-order valence-corrected chi connectivity index (χ1v) is 54.2. The van der Waals surface area contributed by atoms with Crippen molar-refractivity contribution in [3.05, 3.63) is 11.4 Å².